The van der Waals surface area contributed by atoms with Crippen molar-refractivity contribution in [2.45, 2.75) is 18.9 Å². The summed E-state index contributed by atoms with van der Waals surface area (Å²) in [6.45, 7) is 0.926. The fraction of sp³-hybridized carbons (Fsp3) is 0.278. The number of rotatable bonds is 4. The van der Waals surface area contributed by atoms with Gasteiger partial charge >= 0.3 is 11.2 Å². The Hall–Kier alpha value is -3.27. The molecule has 144 valence electrons. The number of nitro groups is 1. The number of amides is 1. The van der Waals surface area contributed by atoms with Crippen LogP contribution in [0.25, 0.3) is 5.65 Å². The summed E-state index contributed by atoms with van der Waals surface area (Å²) in [6, 6.07) is 6.74. The van der Waals surface area contributed by atoms with Crippen molar-refractivity contribution in [2.24, 2.45) is 0 Å². The molecule has 3 aromatic heterocycles. The Morgan fingerprint density at radius 2 is 2.07 bits per heavy atom. The molecule has 0 spiro atoms. The number of thiophene rings is 1. The molecule has 1 aliphatic heterocycles. The second-order valence-corrected chi connectivity index (χ2v) is 7.30. The fourth-order valence-corrected chi connectivity index (χ4v) is 3.98. The zero-order valence-electron chi connectivity index (χ0n) is 14.8. The minimum Gasteiger partial charge on any atom is -0.350 e. The molecule has 28 heavy (non-hydrogen) atoms. The van der Waals surface area contributed by atoms with Gasteiger partial charge in [-0.2, -0.15) is 11.3 Å². The van der Waals surface area contributed by atoms with Crippen molar-refractivity contribution in [3.8, 4) is 0 Å². The van der Waals surface area contributed by atoms with E-state index >= 15 is 0 Å². The molecule has 10 heteroatoms. The number of piperidine rings is 1. The van der Waals surface area contributed by atoms with E-state index in [0.717, 1.165) is 0 Å². The molecule has 0 saturated carbocycles. The Morgan fingerprint density at radius 1 is 1.29 bits per heavy atom. The predicted octanol–water partition coefficient (Wildman–Crippen LogP) is 2.06. The van der Waals surface area contributed by atoms with Gasteiger partial charge in [-0.1, -0.05) is 6.07 Å². The summed E-state index contributed by atoms with van der Waals surface area (Å²) in [5.74, 6) is -0.0310. The van der Waals surface area contributed by atoms with Gasteiger partial charge in [0.2, 0.25) is 5.82 Å². The molecular weight excluding hydrogens is 382 g/mol. The lowest BCUT2D eigenvalue weighted by Gasteiger charge is -2.32. The summed E-state index contributed by atoms with van der Waals surface area (Å²) >= 11 is 1.46. The van der Waals surface area contributed by atoms with Crippen molar-refractivity contribution in [3.05, 3.63) is 67.3 Å². The number of carbonyl (C=O) groups is 1. The molecule has 1 fully saturated rings. The molecule has 4 heterocycles. The summed E-state index contributed by atoms with van der Waals surface area (Å²) in [4.78, 5) is 41.8. The van der Waals surface area contributed by atoms with E-state index in [1.54, 1.807) is 34.5 Å². The maximum absolute atomic E-state index is 12.6. The highest BCUT2D eigenvalue weighted by Gasteiger charge is 2.30. The predicted molar refractivity (Wildman–Crippen MR) is 105 cm³/mol. The lowest BCUT2D eigenvalue weighted by atomic mass is 10.0. The van der Waals surface area contributed by atoms with Crippen molar-refractivity contribution in [1.82, 2.24) is 14.7 Å². The van der Waals surface area contributed by atoms with E-state index in [-0.39, 0.29) is 17.8 Å². The van der Waals surface area contributed by atoms with E-state index in [2.05, 4.69) is 10.3 Å². The maximum Gasteiger partial charge on any atom is 0.376 e. The normalized spacial score (nSPS) is 14.9. The van der Waals surface area contributed by atoms with Gasteiger partial charge in [0.05, 0.1) is 4.92 Å². The molecule has 0 aromatic carbocycles. The quantitative estimate of drug-likeness (QED) is 0.531. The van der Waals surface area contributed by atoms with E-state index in [1.807, 2.05) is 5.38 Å². The number of hydrogen-bond donors (Lipinski definition) is 1. The molecule has 9 nitrogen and oxygen atoms in total. The first kappa shape index (κ1) is 18.1. The van der Waals surface area contributed by atoms with Crippen LogP contribution in [0.15, 0.2) is 46.0 Å². The van der Waals surface area contributed by atoms with Crippen LogP contribution in [0.2, 0.25) is 0 Å². The first-order chi connectivity index (χ1) is 13.5. The van der Waals surface area contributed by atoms with Crippen molar-refractivity contribution in [3.63, 3.8) is 0 Å². The van der Waals surface area contributed by atoms with E-state index in [0.29, 0.717) is 37.1 Å². The minimum absolute atomic E-state index is 0.0238. The Morgan fingerprint density at radius 3 is 2.75 bits per heavy atom. The Kier molecular flexibility index (Phi) is 4.78. The molecule has 0 atom stereocenters. The van der Waals surface area contributed by atoms with Crippen LogP contribution in [0.5, 0.6) is 0 Å². The molecule has 0 aliphatic carbocycles. The highest BCUT2D eigenvalue weighted by Crippen LogP contribution is 2.26. The third-order valence-electron chi connectivity index (χ3n) is 4.79. The van der Waals surface area contributed by atoms with E-state index in [4.69, 9.17) is 0 Å². The van der Waals surface area contributed by atoms with Gasteiger partial charge < -0.3 is 10.2 Å². The van der Waals surface area contributed by atoms with Crippen molar-refractivity contribution >= 4 is 34.4 Å². The first-order valence-corrected chi connectivity index (χ1v) is 9.72. The Labute approximate surface area is 163 Å². The van der Waals surface area contributed by atoms with E-state index in [9.17, 15) is 19.7 Å². The van der Waals surface area contributed by atoms with Crippen LogP contribution in [0.3, 0.4) is 0 Å². The number of fused-ring (bicyclic) bond motifs is 1. The van der Waals surface area contributed by atoms with E-state index < -0.39 is 16.2 Å². The number of pyridine rings is 1. The van der Waals surface area contributed by atoms with Crippen LogP contribution in [0.1, 0.15) is 23.2 Å². The molecule has 0 unspecified atom stereocenters. The van der Waals surface area contributed by atoms with Gasteiger partial charge in [-0.3, -0.25) is 24.1 Å². The van der Waals surface area contributed by atoms with Crippen LogP contribution < -0.4 is 15.8 Å². The van der Waals surface area contributed by atoms with Crippen LogP contribution >= 0.6 is 11.3 Å². The number of carbonyl (C=O) groups excluding carboxylic acids is 1. The molecule has 1 aliphatic rings. The monoisotopic (exact) mass is 399 g/mol. The average molecular weight is 399 g/mol. The number of nitrogens with zero attached hydrogens (tertiary/aromatic N) is 4. The SMILES string of the molecule is O=C(NC1CCN(c2nc3ccccn3c(=O)c2[N+](=O)[O-])CC1)c1ccsc1. The smallest absolute Gasteiger partial charge is 0.350 e. The largest absolute Gasteiger partial charge is 0.376 e. The molecular formula is C18H17N5O4S. The average Bonchev–Trinajstić information content (AvgIpc) is 3.23. The van der Waals surface area contributed by atoms with Gasteiger partial charge in [-0.05, 0) is 36.4 Å². The van der Waals surface area contributed by atoms with Crippen molar-refractivity contribution < 1.29 is 9.72 Å². The lowest BCUT2D eigenvalue weighted by Crippen LogP contribution is -2.45. The molecule has 4 rings (SSSR count). The second-order valence-electron chi connectivity index (χ2n) is 6.52. The highest BCUT2D eigenvalue weighted by atomic mass is 32.1. The van der Waals surface area contributed by atoms with Crippen LogP contribution in [0, 0.1) is 10.1 Å². The van der Waals surface area contributed by atoms with Gasteiger partial charge in [0, 0.05) is 36.3 Å². The number of anilines is 1. The summed E-state index contributed by atoms with van der Waals surface area (Å²) in [5.41, 5.74) is -0.226. The molecule has 1 amide bonds. The fourth-order valence-electron chi connectivity index (χ4n) is 3.35. The lowest BCUT2D eigenvalue weighted by molar-refractivity contribution is -0.385. The standard InChI is InChI=1S/C18H17N5O4S/c24-17(12-6-10-28-11-12)19-13-4-8-21(9-5-13)16-15(23(26)27)18(25)22-7-2-1-3-14(22)20-16/h1-3,6-7,10-11,13H,4-5,8-9H2,(H,19,24). The zero-order chi connectivity index (χ0) is 19.7. The van der Waals surface area contributed by atoms with Gasteiger partial charge in [-0.25, -0.2) is 4.98 Å². The number of nitrogens with one attached hydrogen (secondary N) is 1. The zero-order valence-corrected chi connectivity index (χ0v) is 15.6. The third kappa shape index (κ3) is 3.33. The van der Waals surface area contributed by atoms with Crippen LogP contribution in [0.4, 0.5) is 11.5 Å². The first-order valence-electron chi connectivity index (χ1n) is 8.78. The highest BCUT2D eigenvalue weighted by molar-refractivity contribution is 7.08. The minimum atomic E-state index is -0.696. The van der Waals surface area contributed by atoms with Gasteiger partial charge in [0.15, 0.2) is 0 Å². The summed E-state index contributed by atoms with van der Waals surface area (Å²) < 4.78 is 1.18. The molecule has 0 radical (unpaired) electrons. The van der Waals surface area contributed by atoms with Gasteiger partial charge in [0.1, 0.15) is 5.65 Å². The number of hydrogen-bond acceptors (Lipinski definition) is 7. The number of aromatic nitrogens is 2. The summed E-state index contributed by atoms with van der Waals surface area (Å²) in [6.07, 6.45) is 2.69. The second kappa shape index (κ2) is 7.39. The third-order valence-corrected chi connectivity index (χ3v) is 5.47. The maximum atomic E-state index is 12.6. The Balaban J connectivity index is 1.55. The molecule has 1 N–H and O–H groups in total. The van der Waals surface area contributed by atoms with E-state index in [1.165, 1.54) is 21.9 Å². The van der Waals surface area contributed by atoms with Crippen LogP contribution in [-0.2, 0) is 0 Å². The Bertz CT molecular complexity index is 1090. The molecule has 3 aromatic rings. The topological polar surface area (TPSA) is 110 Å². The van der Waals surface area contributed by atoms with Crippen molar-refractivity contribution in [1.29, 1.82) is 0 Å². The van der Waals surface area contributed by atoms with Crippen molar-refractivity contribution in [2.75, 3.05) is 18.0 Å². The van der Waals surface area contributed by atoms with Gasteiger partial charge in [0.25, 0.3) is 5.91 Å². The van der Waals surface area contributed by atoms with Gasteiger partial charge in [-0.15, -0.1) is 0 Å². The molecule has 1 saturated heterocycles. The summed E-state index contributed by atoms with van der Waals surface area (Å²) in [7, 11) is 0. The van der Waals surface area contributed by atoms with Crippen LogP contribution in [-0.4, -0.2) is 39.3 Å². The molecule has 0 bridgehead atoms. The summed E-state index contributed by atoms with van der Waals surface area (Å²) in [5, 5.41) is 18.2.